The minimum absolute atomic E-state index is 0. The zero-order chi connectivity index (χ0) is 18.8. The van der Waals surface area contributed by atoms with E-state index in [1.807, 2.05) is 0 Å². The van der Waals surface area contributed by atoms with Crippen LogP contribution in [0.2, 0.25) is 0 Å². The van der Waals surface area contributed by atoms with Crippen molar-refractivity contribution in [3.05, 3.63) is 23.9 Å². The third-order valence-corrected chi connectivity index (χ3v) is 3.69. The number of ether oxygens (including phenoxy) is 2. The SMILES string of the molecule is CN=C(NCCN1CCOCC1)NCc1ccc(OCC(F)(F)F)nc1.I. The Balaban J connectivity index is 0.00000364. The fraction of sp³-hybridized carbons (Fsp3) is 0.625. The Morgan fingerprint density at radius 1 is 1.30 bits per heavy atom. The number of aromatic nitrogens is 1. The summed E-state index contributed by atoms with van der Waals surface area (Å²) in [6.07, 6.45) is -2.90. The van der Waals surface area contributed by atoms with Gasteiger partial charge >= 0.3 is 6.18 Å². The number of morpholine rings is 1. The molecule has 1 aromatic heterocycles. The van der Waals surface area contributed by atoms with E-state index in [4.69, 9.17) is 4.74 Å². The van der Waals surface area contributed by atoms with E-state index in [-0.39, 0.29) is 29.9 Å². The number of rotatable bonds is 7. The number of hydrogen-bond donors (Lipinski definition) is 2. The van der Waals surface area contributed by atoms with E-state index in [9.17, 15) is 13.2 Å². The molecule has 154 valence electrons. The summed E-state index contributed by atoms with van der Waals surface area (Å²) >= 11 is 0. The fourth-order valence-corrected chi connectivity index (χ4v) is 2.32. The molecule has 0 amide bonds. The van der Waals surface area contributed by atoms with Crippen LogP contribution < -0.4 is 15.4 Å². The van der Waals surface area contributed by atoms with Crippen molar-refractivity contribution < 1.29 is 22.6 Å². The van der Waals surface area contributed by atoms with E-state index in [1.165, 1.54) is 12.3 Å². The summed E-state index contributed by atoms with van der Waals surface area (Å²) in [6, 6.07) is 3.07. The third kappa shape index (κ3) is 9.96. The number of aliphatic imine (C=N–C) groups is 1. The van der Waals surface area contributed by atoms with Gasteiger partial charge in [-0.25, -0.2) is 4.98 Å². The highest BCUT2D eigenvalue weighted by Gasteiger charge is 2.28. The summed E-state index contributed by atoms with van der Waals surface area (Å²) < 4.78 is 46.2. The molecule has 7 nitrogen and oxygen atoms in total. The zero-order valence-electron chi connectivity index (χ0n) is 15.1. The molecule has 1 saturated heterocycles. The molecule has 27 heavy (non-hydrogen) atoms. The standard InChI is InChI=1S/C16H24F3N5O2.HI/c1-20-15(21-4-5-24-6-8-25-9-7-24)23-11-13-2-3-14(22-10-13)26-12-16(17,18)19;/h2-3,10H,4-9,11-12H2,1H3,(H2,20,21,23);1H. The molecule has 11 heteroatoms. The highest BCUT2D eigenvalue weighted by atomic mass is 127. The van der Waals surface area contributed by atoms with Crippen LogP contribution in [0, 0.1) is 0 Å². The van der Waals surface area contributed by atoms with Gasteiger partial charge in [-0.2, -0.15) is 13.2 Å². The lowest BCUT2D eigenvalue weighted by atomic mass is 10.3. The maximum atomic E-state index is 12.1. The number of hydrogen-bond acceptors (Lipinski definition) is 5. The van der Waals surface area contributed by atoms with Gasteiger partial charge in [0.2, 0.25) is 5.88 Å². The van der Waals surface area contributed by atoms with Gasteiger partial charge in [-0.05, 0) is 5.56 Å². The molecule has 2 rings (SSSR count). The summed E-state index contributed by atoms with van der Waals surface area (Å²) in [7, 11) is 1.68. The van der Waals surface area contributed by atoms with Crippen molar-refractivity contribution in [2.75, 3.05) is 53.0 Å². The molecule has 1 aliphatic rings. The first kappa shape index (κ1) is 23.7. The minimum Gasteiger partial charge on any atom is -0.468 e. The first-order valence-corrected chi connectivity index (χ1v) is 8.35. The molecule has 1 aliphatic heterocycles. The maximum absolute atomic E-state index is 12.1. The molecule has 0 spiro atoms. The molecule has 0 radical (unpaired) electrons. The molecule has 2 N–H and O–H groups in total. The number of halogens is 4. The summed E-state index contributed by atoms with van der Waals surface area (Å²) in [5, 5.41) is 6.36. The van der Waals surface area contributed by atoms with Crippen molar-refractivity contribution in [2.45, 2.75) is 12.7 Å². The molecule has 2 heterocycles. The van der Waals surface area contributed by atoms with E-state index in [0.717, 1.165) is 45.0 Å². The Hall–Kier alpha value is -1.34. The largest absolute Gasteiger partial charge is 0.468 e. The summed E-state index contributed by atoms with van der Waals surface area (Å²) in [6.45, 7) is 4.15. The lowest BCUT2D eigenvalue weighted by Gasteiger charge is -2.26. The van der Waals surface area contributed by atoms with Gasteiger partial charge in [-0.1, -0.05) is 6.07 Å². The van der Waals surface area contributed by atoms with Crippen molar-refractivity contribution in [3.63, 3.8) is 0 Å². The average Bonchev–Trinajstić information content (AvgIpc) is 2.64. The van der Waals surface area contributed by atoms with Crippen molar-refractivity contribution in [3.8, 4) is 5.88 Å². The van der Waals surface area contributed by atoms with Crippen LogP contribution in [0.5, 0.6) is 5.88 Å². The molecule has 0 bridgehead atoms. The molecule has 1 fully saturated rings. The molecule has 1 aromatic rings. The predicted octanol–water partition coefficient (Wildman–Crippen LogP) is 1.64. The minimum atomic E-state index is -4.37. The van der Waals surface area contributed by atoms with Crippen molar-refractivity contribution in [1.29, 1.82) is 0 Å². The molecule has 0 aliphatic carbocycles. The second kappa shape index (κ2) is 12.2. The fourth-order valence-electron chi connectivity index (χ4n) is 2.32. The number of guanidine groups is 1. The summed E-state index contributed by atoms with van der Waals surface area (Å²) in [5.41, 5.74) is 0.806. The number of alkyl halides is 3. The van der Waals surface area contributed by atoms with Gasteiger partial charge in [-0.3, -0.25) is 9.89 Å². The van der Waals surface area contributed by atoms with E-state index in [1.54, 1.807) is 13.1 Å². The number of nitrogens with one attached hydrogen (secondary N) is 2. The lowest BCUT2D eigenvalue weighted by Crippen LogP contribution is -2.44. The van der Waals surface area contributed by atoms with Gasteiger partial charge in [0.05, 0.1) is 13.2 Å². The van der Waals surface area contributed by atoms with Crippen LogP contribution >= 0.6 is 24.0 Å². The average molecular weight is 503 g/mol. The smallest absolute Gasteiger partial charge is 0.422 e. The molecule has 0 aromatic carbocycles. The number of pyridine rings is 1. The van der Waals surface area contributed by atoms with Crippen molar-refractivity contribution in [2.24, 2.45) is 4.99 Å². The van der Waals surface area contributed by atoms with Crippen LogP contribution in [-0.4, -0.2) is 75.1 Å². The Kier molecular flexibility index (Phi) is 10.7. The summed E-state index contributed by atoms with van der Waals surface area (Å²) in [5.74, 6) is 0.592. The van der Waals surface area contributed by atoms with Crippen molar-refractivity contribution >= 4 is 29.9 Å². The van der Waals surface area contributed by atoms with Crippen LogP contribution in [0.25, 0.3) is 0 Å². The Bertz CT molecular complexity index is 566. The Labute approximate surface area is 173 Å². The maximum Gasteiger partial charge on any atom is 0.422 e. The highest BCUT2D eigenvalue weighted by molar-refractivity contribution is 14.0. The van der Waals surface area contributed by atoms with Crippen molar-refractivity contribution in [1.82, 2.24) is 20.5 Å². The molecule has 0 saturated carbocycles. The first-order valence-electron chi connectivity index (χ1n) is 8.35. The topological polar surface area (TPSA) is 71.0 Å². The van der Waals surface area contributed by atoms with Gasteiger partial charge in [-0.15, -0.1) is 24.0 Å². The summed E-state index contributed by atoms with van der Waals surface area (Å²) in [4.78, 5) is 10.3. The van der Waals surface area contributed by atoms with Gasteiger partial charge in [0.1, 0.15) is 0 Å². The normalized spacial score (nSPS) is 15.8. The van der Waals surface area contributed by atoms with Crippen LogP contribution in [0.3, 0.4) is 0 Å². The van der Waals surface area contributed by atoms with Crippen LogP contribution in [-0.2, 0) is 11.3 Å². The van der Waals surface area contributed by atoms with Gasteiger partial charge in [0.15, 0.2) is 12.6 Å². The van der Waals surface area contributed by atoms with Crippen LogP contribution in [0.4, 0.5) is 13.2 Å². The second-order valence-electron chi connectivity index (χ2n) is 5.72. The quantitative estimate of drug-likeness (QED) is 0.335. The Morgan fingerprint density at radius 2 is 2.04 bits per heavy atom. The van der Waals surface area contributed by atoms with Gasteiger partial charge < -0.3 is 20.1 Å². The van der Waals surface area contributed by atoms with E-state index in [2.05, 4.69) is 30.2 Å². The third-order valence-electron chi connectivity index (χ3n) is 3.69. The van der Waals surface area contributed by atoms with Crippen LogP contribution in [0.15, 0.2) is 23.3 Å². The first-order chi connectivity index (χ1) is 12.5. The Morgan fingerprint density at radius 3 is 2.63 bits per heavy atom. The molecular weight excluding hydrogens is 478 g/mol. The van der Waals surface area contributed by atoms with E-state index >= 15 is 0 Å². The van der Waals surface area contributed by atoms with Gasteiger partial charge in [0, 0.05) is 52.0 Å². The monoisotopic (exact) mass is 503 g/mol. The highest BCUT2D eigenvalue weighted by Crippen LogP contribution is 2.16. The predicted molar refractivity (Wildman–Crippen MR) is 107 cm³/mol. The molecular formula is C16H25F3IN5O2. The second-order valence-corrected chi connectivity index (χ2v) is 5.72. The van der Waals surface area contributed by atoms with E-state index < -0.39 is 12.8 Å². The number of nitrogens with zero attached hydrogens (tertiary/aromatic N) is 3. The molecule has 0 unspecified atom stereocenters. The lowest BCUT2D eigenvalue weighted by molar-refractivity contribution is -0.154. The van der Waals surface area contributed by atoms with Gasteiger partial charge in [0.25, 0.3) is 0 Å². The van der Waals surface area contributed by atoms with Crippen LogP contribution in [0.1, 0.15) is 5.56 Å². The zero-order valence-corrected chi connectivity index (χ0v) is 17.4. The van der Waals surface area contributed by atoms with E-state index in [0.29, 0.717) is 12.5 Å². The molecule has 0 atom stereocenters.